The minimum atomic E-state index is -0.490. The molecule has 0 aromatic rings. The monoisotopic (exact) mass is 272 g/mol. The molecular formula is C15H28O4. The summed E-state index contributed by atoms with van der Waals surface area (Å²) in [5.74, 6) is -0.295. The molecule has 4 heteroatoms. The van der Waals surface area contributed by atoms with Crippen molar-refractivity contribution < 1.29 is 19.1 Å². The lowest BCUT2D eigenvalue weighted by Crippen LogP contribution is -2.18. The van der Waals surface area contributed by atoms with Crippen molar-refractivity contribution in [1.29, 1.82) is 0 Å². The van der Waals surface area contributed by atoms with Crippen molar-refractivity contribution in [2.24, 2.45) is 11.8 Å². The van der Waals surface area contributed by atoms with Crippen LogP contribution in [0.3, 0.4) is 0 Å². The van der Waals surface area contributed by atoms with Crippen molar-refractivity contribution in [2.75, 3.05) is 13.2 Å². The van der Waals surface area contributed by atoms with E-state index in [4.69, 9.17) is 9.47 Å². The molecule has 0 amide bonds. The van der Waals surface area contributed by atoms with Crippen LogP contribution in [0.25, 0.3) is 0 Å². The Morgan fingerprint density at radius 3 is 1.53 bits per heavy atom. The molecule has 0 aliphatic heterocycles. The number of carbonyl (C=O) groups is 2. The van der Waals surface area contributed by atoms with Crippen molar-refractivity contribution in [2.45, 2.75) is 59.8 Å². The average molecular weight is 272 g/mol. The molecule has 0 saturated heterocycles. The van der Waals surface area contributed by atoms with E-state index in [1.165, 1.54) is 0 Å². The van der Waals surface area contributed by atoms with Gasteiger partial charge in [0.25, 0.3) is 0 Å². The summed E-state index contributed by atoms with van der Waals surface area (Å²) in [6, 6.07) is 0. The zero-order valence-electron chi connectivity index (χ0n) is 12.7. The number of carbonyl (C=O) groups excluding carboxylic acids is 2. The molecule has 0 aliphatic carbocycles. The first-order valence-corrected chi connectivity index (χ1v) is 7.30. The Morgan fingerprint density at radius 1 is 0.842 bits per heavy atom. The molecule has 0 radical (unpaired) electrons. The first-order valence-electron chi connectivity index (χ1n) is 7.30. The van der Waals surface area contributed by atoms with Crippen LogP contribution >= 0.6 is 0 Å². The lowest BCUT2D eigenvalue weighted by molar-refractivity contribution is -0.155. The largest absolute Gasteiger partial charge is 0.465 e. The summed E-state index contributed by atoms with van der Waals surface area (Å²) in [5, 5.41) is 0. The minimum absolute atomic E-state index is 0.280. The summed E-state index contributed by atoms with van der Waals surface area (Å²) in [4.78, 5) is 22.8. The van der Waals surface area contributed by atoms with Crippen LogP contribution in [0.15, 0.2) is 0 Å². The van der Waals surface area contributed by atoms with Crippen LogP contribution in [0.5, 0.6) is 0 Å². The van der Waals surface area contributed by atoms with Gasteiger partial charge in [-0.15, -0.1) is 0 Å². The van der Waals surface area contributed by atoms with Crippen LogP contribution in [-0.2, 0) is 19.1 Å². The predicted molar refractivity (Wildman–Crippen MR) is 74.7 cm³/mol. The minimum Gasteiger partial charge on any atom is -0.465 e. The maximum absolute atomic E-state index is 11.4. The molecule has 2 unspecified atom stereocenters. The predicted octanol–water partition coefficient (Wildman–Crippen LogP) is 3.34. The second-order valence-corrected chi connectivity index (χ2v) is 5.33. The van der Waals surface area contributed by atoms with E-state index in [1.807, 2.05) is 13.8 Å². The average Bonchev–Trinajstić information content (AvgIpc) is 2.35. The van der Waals surface area contributed by atoms with Crippen molar-refractivity contribution in [3.05, 3.63) is 0 Å². The zero-order chi connectivity index (χ0) is 14.7. The van der Waals surface area contributed by atoms with E-state index in [0.29, 0.717) is 25.0 Å². The maximum Gasteiger partial charge on any atom is 0.317 e. The van der Waals surface area contributed by atoms with E-state index in [2.05, 4.69) is 13.8 Å². The first-order chi connectivity index (χ1) is 8.99. The molecule has 0 rings (SSSR count). The van der Waals surface area contributed by atoms with Crippen LogP contribution in [0.2, 0.25) is 0 Å². The molecule has 0 bridgehead atoms. The number of hydrogen-bond acceptors (Lipinski definition) is 4. The number of hydrogen-bond donors (Lipinski definition) is 0. The molecule has 0 aliphatic rings. The maximum atomic E-state index is 11.4. The molecule has 0 fully saturated rings. The summed E-state index contributed by atoms with van der Waals surface area (Å²) in [6.45, 7) is 9.00. The van der Waals surface area contributed by atoms with Gasteiger partial charge in [-0.1, -0.05) is 40.5 Å². The second kappa shape index (κ2) is 10.8. The number of rotatable bonds is 10. The van der Waals surface area contributed by atoms with Crippen LogP contribution in [0, 0.1) is 11.8 Å². The first kappa shape index (κ1) is 17.9. The van der Waals surface area contributed by atoms with Gasteiger partial charge in [-0.25, -0.2) is 0 Å². The van der Waals surface area contributed by atoms with Gasteiger partial charge in [0.1, 0.15) is 6.42 Å². The Morgan fingerprint density at radius 2 is 1.21 bits per heavy atom. The fourth-order valence-electron chi connectivity index (χ4n) is 1.84. The molecule has 2 atom stereocenters. The Bertz CT molecular complexity index is 237. The van der Waals surface area contributed by atoms with E-state index in [-0.39, 0.29) is 6.42 Å². The fourth-order valence-corrected chi connectivity index (χ4v) is 1.84. The van der Waals surface area contributed by atoms with E-state index >= 15 is 0 Å². The SMILES string of the molecule is CCCC(C)COC(=O)CC(=O)OCC(C)CCC. The molecule has 0 aromatic heterocycles. The summed E-state index contributed by atoms with van der Waals surface area (Å²) >= 11 is 0. The van der Waals surface area contributed by atoms with Gasteiger partial charge in [-0.2, -0.15) is 0 Å². The molecule has 0 aromatic carbocycles. The third kappa shape index (κ3) is 10.5. The van der Waals surface area contributed by atoms with Gasteiger partial charge in [0.2, 0.25) is 0 Å². The summed E-state index contributed by atoms with van der Waals surface area (Å²) in [7, 11) is 0. The standard InChI is InChI=1S/C15H28O4/c1-5-7-12(3)10-18-14(16)9-15(17)19-11-13(4)8-6-2/h12-13H,5-11H2,1-4H3. The van der Waals surface area contributed by atoms with E-state index in [0.717, 1.165) is 25.7 Å². The Labute approximate surface area is 116 Å². The van der Waals surface area contributed by atoms with Gasteiger partial charge in [0.15, 0.2) is 0 Å². The molecule has 19 heavy (non-hydrogen) atoms. The molecule has 0 spiro atoms. The summed E-state index contributed by atoms with van der Waals surface area (Å²) < 4.78 is 10.1. The van der Waals surface area contributed by atoms with E-state index in [9.17, 15) is 9.59 Å². The van der Waals surface area contributed by atoms with Crippen molar-refractivity contribution in [3.63, 3.8) is 0 Å². The summed E-state index contributed by atoms with van der Waals surface area (Å²) in [5.41, 5.74) is 0. The zero-order valence-corrected chi connectivity index (χ0v) is 12.7. The van der Waals surface area contributed by atoms with Crippen LogP contribution in [0.4, 0.5) is 0 Å². The van der Waals surface area contributed by atoms with Crippen LogP contribution < -0.4 is 0 Å². The molecule has 0 heterocycles. The third-order valence-corrected chi connectivity index (χ3v) is 2.91. The van der Waals surface area contributed by atoms with Crippen LogP contribution in [0.1, 0.15) is 59.8 Å². The molecule has 0 N–H and O–H groups in total. The van der Waals surface area contributed by atoms with Gasteiger partial charge >= 0.3 is 11.9 Å². The topological polar surface area (TPSA) is 52.6 Å². The highest BCUT2D eigenvalue weighted by atomic mass is 16.6. The highest BCUT2D eigenvalue weighted by molar-refractivity contribution is 5.91. The molecular weight excluding hydrogens is 244 g/mol. The van der Waals surface area contributed by atoms with E-state index in [1.54, 1.807) is 0 Å². The Kier molecular flexibility index (Phi) is 10.2. The normalized spacial score (nSPS) is 13.7. The molecule has 4 nitrogen and oxygen atoms in total. The smallest absolute Gasteiger partial charge is 0.317 e. The second-order valence-electron chi connectivity index (χ2n) is 5.33. The van der Waals surface area contributed by atoms with Gasteiger partial charge in [0, 0.05) is 0 Å². The molecule has 112 valence electrons. The number of ether oxygens (including phenoxy) is 2. The van der Waals surface area contributed by atoms with Gasteiger partial charge in [0.05, 0.1) is 13.2 Å². The summed E-state index contributed by atoms with van der Waals surface area (Å²) in [6.07, 6.45) is 3.89. The van der Waals surface area contributed by atoms with Crippen molar-refractivity contribution >= 4 is 11.9 Å². The quantitative estimate of drug-likeness (QED) is 0.452. The van der Waals surface area contributed by atoms with Gasteiger partial charge < -0.3 is 9.47 Å². The third-order valence-electron chi connectivity index (χ3n) is 2.91. The lowest BCUT2D eigenvalue weighted by atomic mass is 10.1. The lowest BCUT2D eigenvalue weighted by Gasteiger charge is -2.12. The Balaban J connectivity index is 3.72. The van der Waals surface area contributed by atoms with Crippen molar-refractivity contribution in [3.8, 4) is 0 Å². The van der Waals surface area contributed by atoms with Crippen LogP contribution in [-0.4, -0.2) is 25.2 Å². The van der Waals surface area contributed by atoms with Gasteiger partial charge in [-0.05, 0) is 24.7 Å². The van der Waals surface area contributed by atoms with Crippen molar-refractivity contribution in [1.82, 2.24) is 0 Å². The van der Waals surface area contributed by atoms with E-state index < -0.39 is 11.9 Å². The molecule has 0 saturated carbocycles. The fraction of sp³-hybridized carbons (Fsp3) is 0.867. The highest BCUT2D eigenvalue weighted by Crippen LogP contribution is 2.07. The highest BCUT2D eigenvalue weighted by Gasteiger charge is 2.14. The Hall–Kier alpha value is -1.06. The number of esters is 2. The van der Waals surface area contributed by atoms with Gasteiger partial charge in [-0.3, -0.25) is 9.59 Å².